The number of carboxylic acid groups (broad SMARTS) is 1. The molecule has 0 atom stereocenters. The second kappa shape index (κ2) is 29.4. The van der Waals surface area contributed by atoms with Crippen LogP contribution in [0.5, 0.6) is 0 Å². The Bertz CT molecular complexity index is 278. The first-order chi connectivity index (χ1) is 13.1. The number of unbranched alkanes of at least 4 members (excludes halogenated alkanes) is 14. The van der Waals surface area contributed by atoms with Crippen molar-refractivity contribution in [3.05, 3.63) is 0 Å². The lowest BCUT2D eigenvalue weighted by molar-refractivity contribution is -0.137. The zero-order valence-corrected chi connectivity index (χ0v) is 19.2. The normalized spacial score (nSPS) is 10.3. The van der Waals surface area contributed by atoms with Crippen molar-refractivity contribution in [2.75, 3.05) is 19.6 Å². The summed E-state index contributed by atoms with van der Waals surface area (Å²) in [6, 6.07) is 0. The quantitative estimate of drug-likeness (QED) is 0.188. The van der Waals surface area contributed by atoms with Crippen LogP contribution in [0.1, 0.15) is 130 Å². The molecule has 0 fully saturated rings. The molecule has 0 amide bonds. The highest BCUT2D eigenvalue weighted by atomic mass is 24.3. The molecule has 0 aliphatic heterocycles. The Morgan fingerprint density at radius 2 is 0.857 bits per heavy atom. The summed E-state index contributed by atoms with van der Waals surface area (Å²) in [6.45, 7) is 12.4. The Kier molecular flexibility index (Phi) is 34.5. The topological polar surface area (TPSA) is 40.5 Å². The van der Waals surface area contributed by atoms with Gasteiger partial charge in [-0.3, -0.25) is 4.79 Å². The monoisotopic (exact) mass is 411 g/mol. The maximum absolute atomic E-state index is 10.3. The Morgan fingerprint density at radius 3 is 1.07 bits per heavy atom. The molecule has 0 aromatic rings. The molecule has 0 saturated heterocycles. The second-order valence-corrected chi connectivity index (χ2v) is 7.71. The van der Waals surface area contributed by atoms with Gasteiger partial charge in [-0.05, 0) is 26.1 Å². The molecule has 0 spiro atoms. The van der Waals surface area contributed by atoms with Crippen LogP contribution >= 0.6 is 0 Å². The molecule has 0 aromatic carbocycles. The Labute approximate surface area is 193 Å². The third-order valence-electron chi connectivity index (χ3n) is 5.34. The van der Waals surface area contributed by atoms with E-state index >= 15 is 0 Å². The first-order valence-corrected chi connectivity index (χ1v) is 12.1. The lowest BCUT2D eigenvalue weighted by Crippen LogP contribution is -2.21. The summed E-state index contributed by atoms with van der Waals surface area (Å²) < 4.78 is 0. The van der Waals surface area contributed by atoms with E-state index in [1.807, 2.05) is 0 Å². The van der Waals surface area contributed by atoms with Crippen LogP contribution in [0.3, 0.4) is 0 Å². The highest BCUT2D eigenvalue weighted by molar-refractivity contribution is 5.75. The summed E-state index contributed by atoms with van der Waals surface area (Å²) in [5, 5.41) is 8.52. The maximum atomic E-state index is 10.3. The standard InChI is InChI=1S/C18H36O2.C6H15N.Mg.2H/c1-2-3-4-5-6-7-8-9-10-11-12-13-14-15-16-17-18(19)20;1-4-7(5-2)6-3;;;/h2-17H2,1H3,(H,19,20);4-6H2,1-3H3;;;. The molecule has 3 nitrogen and oxygen atoms in total. The smallest absolute Gasteiger partial charge is 0.316 e. The molecular weight excluding hydrogens is 359 g/mol. The SMILES string of the molecule is CCCCCCCCCCCCCCCCCC(=O)O.CCN(CC)CC.[MgH2]. The predicted molar refractivity (Wildman–Crippen MR) is 129 cm³/mol. The first kappa shape index (κ1) is 32.9. The molecular formula is C24H53MgNO2. The number of rotatable bonds is 19. The zero-order chi connectivity index (χ0) is 20.6. The fourth-order valence-electron chi connectivity index (χ4n) is 3.32. The first-order valence-electron chi connectivity index (χ1n) is 12.1. The third kappa shape index (κ3) is 30.9. The van der Waals surface area contributed by atoms with Gasteiger partial charge in [-0.15, -0.1) is 0 Å². The van der Waals surface area contributed by atoms with E-state index in [4.69, 9.17) is 5.11 Å². The van der Waals surface area contributed by atoms with Crippen LogP contribution in [-0.2, 0) is 4.79 Å². The number of aliphatic carboxylic acids is 1. The molecule has 0 aliphatic carbocycles. The van der Waals surface area contributed by atoms with Crippen molar-refractivity contribution in [3.63, 3.8) is 0 Å². The summed E-state index contributed by atoms with van der Waals surface area (Å²) in [7, 11) is 0. The van der Waals surface area contributed by atoms with Crippen molar-refractivity contribution in [2.45, 2.75) is 130 Å². The van der Waals surface area contributed by atoms with Crippen molar-refractivity contribution in [3.8, 4) is 0 Å². The van der Waals surface area contributed by atoms with Crippen molar-refractivity contribution in [1.29, 1.82) is 0 Å². The van der Waals surface area contributed by atoms with Gasteiger partial charge >= 0.3 is 29.0 Å². The van der Waals surface area contributed by atoms with E-state index in [0.717, 1.165) is 12.8 Å². The van der Waals surface area contributed by atoms with Gasteiger partial charge < -0.3 is 10.0 Å². The third-order valence-corrected chi connectivity index (χ3v) is 5.34. The fraction of sp³-hybridized carbons (Fsp3) is 0.958. The molecule has 0 aromatic heterocycles. The summed E-state index contributed by atoms with van der Waals surface area (Å²) in [5.74, 6) is -0.653. The van der Waals surface area contributed by atoms with E-state index in [1.165, 1.54) is 103 Å². The average molecular weight is 412 g/mol. The molecule has 0 unspecified atom stereocenters. The van der Waals surface area contributed by atoms with E-state index in [9.17, 15) is 4.79 Å². The van der Waals surface area contributed by atoms with Crippen molar-refractivity contribution in [1.82, 2.24) is 4.90 Å². The molecule has 0 radical (unpaired) electrons. The molecule has 0 heterocycles. The van der Waals surface area contributed by atoms with Gasteiger partial charge in [0.1, 0.15) is 0 Å². The van der Waals surface area contributed by atoms with Gasteiger partial charge in [0.2, 0.25) is 0 Å². The number of carbonyl (C=O) groups is 1. The van der Waals surface area contributed by atoms with Gasteiger partial charge in [-0.1, -0.05) is 118 Å². The van der Waals surface area contributed by atoms with Gasteiger partial charge in [0.05, 0.1) is 0 Å². The molecule has 0 rings (SSSR count). The van der Waals surface area contributed by atoms with Crippen molar-refractivity contribution in [2.24, 2.45) is 0 Å². The molecule has 168 valence electrons. The number of hydrogen-bond donors (Lipinski definition) is 1. The molecule has 0 aliphatic rings. The largest absolute Gasteiger partial charge is 0.481 e. The van der Waals surface area contributed by atoms with E-state index in [2.05, 4.69) is 32.6 Å². The van der Waals surface area contributed by atoms with Crippen LogP contribution in [0.25, 0.3) is 0 Å². The number of nitrogens with zero attached hydrogens (tertiary/aromatic N) is 1. The molecule has 0 bridgehead atoms. The fourth-order valence-corrected chi connectivity index (χ4v) is 3.32. The predicted octanol–water partition coefficient (Wildman–Crippen LogP) is 6.76. The highest BCUT2D eigenvalue weighted by Crippen LogP contribution is 2.13. The molecule has 0 saturated carbocycles. The minimum absolute atomic E-state index is 0. The van der Waals surface area contributed by atoms with Crippen LogP contribution in [0.4, 0.5) is 0 Å². The highest BCUT2D eigenvalue weighted by Gasteiger charge is 1.97. The van der Waals surface area contributed by atoms with Gasteiger partial charge in [0.15, 0.2) is 0 Å². The van der Waals surface area contributed by atoms with Crippen LogP contribution in [0.15, 0.2) is 0 Å². The van der Waals surface area contributed by atoms with Gasteiger partial charge in [0.25, 0.3) is 0 Å². The summed E-state index contributed by atoms with van der Waals surface area (Å²) in [4.78, 5) is 12.7. The Balaban J connectivity index is -0.000000665. The van der Waals surface area contributed by atoms with Gasteiger partial charge in [0, 0.05) is 6.42 Å². The lowest BCUT2D eigenvalue weighted by atomic mass is 10.0. The van der Waals surface area contributed by atoms with E-state index in [1.54, 1.807) is 0 Å². The lowest BCUT2D eigenvalue weighted by Gasteiger charge is -2.13. The van der Waals surface area contributed by atoms with Gasteiger partial charge in [-0.25, -0.2) is 0 Å². The molecule has 1 N–H and O–H groups in total. The Hall–Kier alpha value is 0.196. The maximum Gasteiger partial charge on any atom is 0.316 e. The summed E-state index contributed by atoms with van der Waals surface area (Å²) in [5.41, 5.74) is 0. The minimum atomic E-state index is -0.653. The van der Waals surface area contributed by atoms with Crippen LogP contribution in [0, 0.1) is 0 Å². The van der Waals surface area contributed by atoms with E-state index in [0.29, 0.717) is 6.42 Å². The van der Waals surface area contributed by atoms with Gasteiger partial charge in [-0.2, -0.15) is 0 Å². The van der Waals surface area contributed by atoms with Crippen molar-refractivity contribution >= 4 is 29.0 Å². The summed E-state index contributed by atoms with van der Waals surface area (Å²) in [6.07, 6.45) is 20.2. The minimum Gasteiger partial charge on any atom is -0.481 e. The van der Waals surface area contributed by atoms with E-state index < -0.39 is 5.97 Å². The zero-order valence-electron chi connectivity index (χ0n) is 19.2. The molecule has 28 heavy (non-hydrogen) atoms. The second-order valence-electron chi connectivity index (χ2n) is 7.71. The average Bonchev–Trinajstić information content (AvgIpc) is 2.66. The molecule has 4 heteroatoms. The van der Waals surface area contributed by atoms with E-state index in [-0.39, 0.29) is 23.1 Å². The van der Waals surface area contributed by atoms with Crippen molar-refractivity contribution < 1.29 is 9.90 Å². The Morgan fingerprint density at radius 1 is 0.571 bits per heavy atom. The van der Waals surface area contributed by atoms with Crippen LogP contribution < -0.4 is 0 Å². The number of carboxylic acids is 1. The number of hydrogen-bond acceptors (Lipinski definition) is 2. The van der Waals surface area contributed by atoms with Crippen LogP contribution in [-0.4, -0.2) is 58.7 Å². The summed E-state index contributed by atoms with van der Waals surface area (Å²) >= 11 is 0. The van der Waals surface area contributed by atoms with Crippen LogP contribution in [0.2, 0.25) is 0 Å².